The molecule has 2 aromatic heterocycles. The lowest BCUT2D eigenvalue weighted by atomic mass is 10.2. The Morgan fingerprint density at radius 1 is 1.48 bits per heavy atom. The second-order valence-electron chi connectivity index (χ2n) is 6.15. The molecule has 1 aliphatic carbocycles. The summed E-state index contributed by atoms with van der Waals surface area (Å²) in [6.07, 6.45) is 8.67. The maximum Gasteiger partial charge on any atom is 0.329 e. The minimum absolute atomic E-state index is 0.0582. The molecule has 0 radical (unpaired) electrons. The maximum atomic E-state index is 12.4. The fraction of sp³-hybridized carbons (Fsp3) is 0.471. The highest BCUT2D eigenvalue weighted by molar-refractivity contribution is 5.79. The predicted molar refractivity (Wildman–Crippen MR) is 87.4 cm³/mol. The van der Waals surface area contributed by atoms with E-state index in [4.69, 9.17) is 4.74 Å². The van der Waals surface area contributed by atoms with Gasteiger partial charge in [0.1, 0.15) is 0 Å². The lowest BCUT2D eigenvalue weighted by Crippen LogP contribution is -2.30. The molecule has 1 amide bonds. The summed E-state index contributed by atoms with van der Waals surface area (Å²) >= 11 is 0. The van der Waals surface area contributed by atoms with Crippen molar-refractivity contribution in [3.8, 4) is 17.3 Å². The van der Waals surface area contributed by atoms with Crippen LogP contribution in [0, 0.1) is 5.92 Å². The van der Waals surface area contributed by atoms with Crippen molar-refractivity contribution in [1.82, 2.24) is 19.9 Å². The number of carbonyl (C=O) groups is 1. The Kier molecular flexibility index (Phi) is 4.60. The Hall–Kier alpha value is -2.37. The Bertz CT molecular complexity index is 662. The smallest absolute Gasteiger partial charge is 0.329 e. The number of imidazole rings is 1. The van der Waals surface area contributed by atoms with Crippen molar-refractivity contribution in [3.05, 3.63) is 30.7 Å². The highest BCUT2D eigenvalue weighted by atomic mass is 16.5. The lowest BCUT2D eigenvalue weighted by Gasteiger charge is -2.11. The fourth-order valence-electron chi connectivity index (χ4n) is 2.33. The van der Waals surface area contributed by atoms with Gasteiger partial charge in [0.2, 0.25) is 0 Å². The second-order valence-corrected chi connectivity index (χ2v) is 6.15. The number of aromatic nitrogens is 3. The SMILES string of the molecule is CC(C)Oc1nc(-c2cccnc2)cn1C(=O)NCCC1CC1. The molecule has 23 heavy (non-hydrogen) atoms. The minimum atomic E-state index is -0.205. The number of hydrogen-bond acceptors (Lipinski definition) is 4. The first kappa shape index (κ1) is 15.5. The number of nitrogens with one attached hydrogen (secondary N) is 1. The Morgan fingerprint density at radius 3 is 2.96 bits per heavy atom. The molecule has 0 aliphatic heterocycles. The second kappa shape index (κ2) is 6.81. The summed E-state index contributed by atoms with van der Waals surface area (Å²) in [7, 11) is 0. The molecule has 3 rings (SSSR count). The zero-order valence-electron chi connectivity index (χ0n) is 13.5. The molecule has 1 saturated carbocycles. The molecule has 2 heterocycles. The quantitative estimate of drug-likeness (QED) is 0.889. The summed E-state index contributed by atoms with van der Waals surface area (Å²) in [6, 6.07) is 3.85. The van der Waals surface area contributed by atoms with Gasteiger partial charge in [-0.2, -0.15) is 4.98 Å². The van der Waals surface area contributed by atoms with Crippen LogP contribution in [0.1, 0.15) is 33.1 Å². The van der Waals surface area contributed by atoms with Crippen LogP contribution >= 0.6 is 0 Å². The minimum Gasteiger partial charge on any atom is -0.462 e. The summed E-state index contributed by atoms with van der Waals surface area (Å²) in [5, 5.41) is 2.94. The van der Waals surface area contributed by atoms with E-state index in [1.54, 1.807) is 18.6 Å². The summed E-state index contributed by atoms with van der Waals surface area (Å²) < 4.78 is 7.12. The lowest BCUT2D eigenvalue weighted by molar-refractivity contribution is 0.206. The van der Waals surface area contributed by atoms with E-state index in [0.717, 1.165) is 17.9 Å². The topological polar surface area (TPSA) is 69.0 Å². The van der Waals surface area contributed by atoms with E-state index < -0.39 is 0 Å². The van der Waals surface area contributed by atoms with Gasteiger partial charge in [0, 0.05) is 30.7 Å². The van der Waals surface area contributed by atoms with Crippen molar-refractivity contribution in [2.75, 3.05) is 6.54 Å². The maximum absolute atomic E-state index is 12.4. The number of nitrogens with zero attached hydrogens (tertiary/aromatic N) is 3. The van der Waals surface area contributed by atoms with Gasteiger partial charge in [0.15, 0.2) is 0 Å². The molecule has 122 valence electrons. The molecule has 1 aliphatic rings. The van der Waals surface area contributed by atoms with Gasteiger partial charge in [0.25, 0.3) is 0 Å². The first-order valence-electron chi connectivity index (χ1n) is 8.08. The van der Waals surface area contributed by atoms with E-state index in [9.17, 15) is 4.79 Å². The molecule has 0 saturated heterocycles. The van der Waals surface area contributed by atoms with E-state index in [0.29, 0.717) is 18.2 Å². The molecule has 0 atom stereocenters. The van der Waals surface area contributed by atoms with Gasteiger partial charge in [-0.15, -0.1) is 0 Å². The molecule has 1 N–H and O–H groups in total. The van der Waals surface area contributed by atoms with Crippen molar-refractivity contribution in [2.24, 2.45) is 5.92 Å². The third-order valence-electron chi connectivity index (χ3n) is 3.72. The average molecular weight is 314 g/mol. The molecule has 0 aromatic carbocycles. The van der Waals surface area contributed by atoms with Crippen LogP contribution in [0.5, 0.6) is 6.01 Å². The summed E-state index contributed by atoms with van der Waals surface area (Å²) in [6.45, 7) is 4.51. The number of rotatable bonds is 6. The zero-order chi connectivity index (χ0) is 16.2. The van der Waals surface area contributed by atoms with Gasteiger partial charge in [-0.25, -0.2) is 9.36 Å². The monoisotopic (exact) mass is 314 g/mol. The van der Waals surface area contributed by atoms with Gasteiger partial charge >= 0.3 is 12.0 Å². The number of amides is 1. The number of hydrogen-bond donors (Lipinski definition) is 1. The third-order valence-corrected chi connectivity index (χ3v) is 3.72. The van der Waals surface area contributed by atoms with Gasteiger partial charge in [-0.1, -0.05) is 12.8 Å². The summed E-state index contributed by atoms with van der Waals surface area (Å²) in [4.78, 5) is 20.9. The van der Waals surface area contributed by atoms with Crippen LogP contribution in [-0.2, 0) is 0 Å². The van der Waals surface area contributed by atoms with E-state index >= 15 is 0 Å². The van der Waals surface area contributed by atoms with E-state index in [2.05, 4.69) is 15.3 Å². The standard InChI is InChI=1S/C17H22N4O2/c1-12(2)23-17-20-15(14-4-3-8-18-10-14)11-21(17)16(22)19-9-7-13-5-6-13/h3-4,8,10-13H,5-7,9H2,1-2H3,(H,19,22). The van der Waals surface area contributed by atoms with Crippen LogP contribution in [0.15, 0.2) is 30.7 Å². The Morgan fingerprint density at radius 2 is 2.30 bits per heavy atom. The van der Waals surface area contributed by atoms with Crippen LogP contribution < -0.4 is 10.1 Å². The summed E-state index contributed by atoms with van der Waals surface area (Å²) in [5.74, 6) is 0.787. The van der Waals surface area contributed by atoms with Gasteiger partial charge in [-0.3, -0.25) is 4.98 Å². The molecule has 6 heteroatoms. The van der Waals surface area contributed by atoms with Gasteiger partial charge in [0.05, 0.1) is 11.8 Å². The van der Waals surface area contributed by atoms with E-state index in [-0.39, 0.29) is 12.1 Å². The molecule has 2 aromatic rings. The van der Waals surface area contributed by atoms with Crippen molar-refractivity contribution in [2.45, 2.75) is 39.2 Å². The van der Waals surface area contributed by atoms with Crippen molar-refractivity contribution in [1.29, 1.82) is 0 Å². The Labute approximate surface area is 135 Å². The molecule has 1 fully saturated rings. The third kappa shape index (κ3) is 4.09. The number of pyridine rings is 1. The van der Waals surface area contributed by atoms with E-state index in [1.807, 2.05) is 26.0 Å². The zero-order valence-corrected chi connectivity index (χ0v) is 13.5. The van der Waals surface area contributed by atoms with Crippen molar-refractivity contribution < 1.29 is 9.53 Å². The molecule has 0 bridgehead atoms. The highest BCUT2D eigenvalue weighted by Gasteiger charge is 2.22. The van der Waals surface area contributed by atoms with Crippen molar-refractivity contribution >= 4 is 6.03 Å². The van der Waals surface area contributed by atoms with E-state index in [1.165, 1.54) is 17.4 Å². The first-order chi connectivity index (χ1) is 11.1. The fourth-order valence-corrected chi connectivity index (χ4v) is 2.33. The van der Waals surface area contributed by atoms with Crippen LogP contribution in [0.25, 0.3) is 11.3 Å². The van der Waals surface area contributed by atoms with Crippen LogP contribution in [-0.4, -0.2) is 33.2 Å². The Balaban J connectivity index is 1.78. The van der Waals surface area contributed by atoms with Crippen LogP contribution in [0.2, 0.25) is 0 Å². The highest BCUT2D eigenvalue weighted by Crippen LogP contribution is 2.31. The van der Waals surface area contributed by atoms with Gasteiger partial charge in [-0.05, 0) is 38.3 Å². The predicted octanol–water partition coefficient (Wildman–Crippen LogP) is 3.09. The molecule has 6 nitrogen and oxygen atoms in total. The van der Waals surface area contributed by atoms with Crippen LogP contribution in [0.3, 0.4) is 0 Å². The largest absolute Gasteiger partial charge is 0.462 e. The number of carbonyl (C=O) groups excluding carboxylic acids is 1. The normalized spacial score (nSPS) is 14.0. The molecule has 0 unspecified atom stereocenters. The number of ether oxygens (including phenoxy) is 1. The summed E-state index contributed by atoms with van der Waals surface area (Å²) in [5.41, 5.74) is 1.52. The van der Waals surface area contributed by atoms with Crippen molar-refractivity contribution in [3.63, 3.8) is 0 Å². The molecule has 0 spiro atoms. The van der Waals surface area contributed by atoms with Gasteiger partial charge < -0.3 is 10.1 Å². The molecular formula is C17H22N4O2. The average Bonchev–Trinajstić information content (AvgIpc) is 3.26. The first-order valence-corrected chi connectivity index (χ1v) is 8.08. The molecular weight excluding hydrogens is 292 g/mol. The van der Waals surface area contributed by atoms with Crippen LogP contribution in [0.4, 0.5) is 4.79 Å².